The highest BCUT2D eigenvalue weighted by molar-refractivity contribution is 9.10. The number of rotatable bonds is 2. The predicted molar refractivity (Wildman–Crippen MR) is 73.6 cm³/mol. The number of sulfonamides is 1. The van der Waals surface area contributed by atoms with Crippen molar-refractivity contribution in [3.63, 3.8) is 0 Å². The SMILES string of the molecule is CC1CCCCN1S(=O)(=O)c1cc(Br)cnc1N. The molecule has 1 aliphatic rings. The van der Waals surface area contributed by atoms with Crippen molar-refractivity contribution in [1.29, 1.82) is 0 Å². The number of pyridine rings is 1. The van der Waals surface area contributed by atoms with E-state index >= 15 is 0 Å². The monoisotopic (exact) mass is 333 g/mol. The summed E-state index contributed by atoms with van der Waals surface area (Å²) in [7, 11) is -3.55. The molecule has 0 radical (unpaired) electrons. The summed E-state index contributed by atoms with van der Waals surface area (Å²) in [5, 5.41) is 0. The van der Waals surface area contributed by atoms with Gasteiger partial charge < -0.3 is 5.73 Å². The lowest BCUT2D eigenvalue weighted by Crippen LogP contribution is -2.42. The molecule has 100 valence electrons. The molecular weight excluding hydrogens is 318 g/mol. The number of piperidine rings is 1. The average Bonchev–Trinajstić information content (AvgIpc) is 2.32. The summed E-state index contributed by atoms with van der Waals surface area (Å²) in [5.41, 5.74) is 5.69. The number of hydrogen-bond donors (Lipinski definition) is 1. The molecule has 1 aromatic heterocycles. The van der Waals surface area contributed by atoms with E-state index in [2.05, 4.69) is 20.9 Å². The molecule has 0 saturated carbocycles. The predicted octanol–water partition coefficient (Wildman–Crippen LogP) is 1.99. The summed E-state index contributed by atoms with van der Waals surface area (Å²) in [5.74, 6) is 0.0518. The first-order valence-electron chi connectivity index (χ1n) is 5.86. The minimum Gasteiger partial charge on any atom is -0.383 e. The standard InChI is InChI=1S/C11H16BrN3O2S/c1-8-4-2-3-5-15(8)18(16,17)10-6-9(12)7-14-11(10)13/h6-8H,2-5H2,1H3,(H2,13,14). The Labute approximate surface area is 116 Å². The molecular formula is C11H16BrN3O2S. The summed E-state index contributed by atoms with van der Waals surface area (Å²) in [4.78, 5) is 3.98. The van der Waals surface area contributed by atoms with Crippen molar-refractivity contribution < 1.29 is 8.42 Å². The van der Waals surface area contributed by atoms with Gasteiger partial charge in [0.25, 0.3) is 0 Å². The molecule has 2 heterocycles. The van der Waals surface area contributed by atoms with Crippen LogP contribution in [0.15, 0.2) is 21.6 Å². The Bertz CT molecular complexity index is 547. The smallest absolute Gasteiger partial charge is 0.247 e. The van der Waals surface area contributed by atoms with E-state index in [4.69, 9.17) is 5.73 Å². The fourth-order valence-corrected chi connectivity index (χ4v) is 4.47. The van der Waals surface area contributed by atoms with Gasteiger partial charge in [0.1, 0.15) is 10.7 Å². The second-order valence-electron chi connectivity index (χ2n) is 4.50. The number of aromatic nitrogens is 1. The molecule has 7 heteroatoms. The third-order valence-corrected chi connectivity index (χ3v) is 5.65. The van der Waals surface area contributed by atoms with Crippen molar-refractivity contribution in [2.24, 2.45) is 0 Å². The van der Waals surface area contributed by atoms with Crippen molar-refractivity contribution in [3.05, 3.63) is 16.7 Å². The first-order chi connectivity index (χ1) is 8.43. The third kappa shape index (κ3) is 2.53. The minimum absolute atomic E-state index is 0.0159. The van der Waals surface area contributed by atoms with Crippen LogP contribution in [0, 0.1) is 0 Å². The van der Waals surface area contributed by atoms with Crippen molar-refractivity contribution in [2.75, 3.05) is 12.3 Å². The zero-order valence-corrected chi connectivity index (χ0v) is 12.5. The molecule has 1 saturated heterocycles. The second kappa shape index (κ2) is 5.14. The Kier molecular flexibility index (Phi) is 3.93. The average molecular weight is 334 g/mol. The van der Waals surface area contributed by atoms with E-state index in [9.17, 15) is 8.42 Å². The molecule has 0 bridgehead atoms. The van der Waals surface area contributed by atoms with E-state index in [1.165, 1.54) is 16.6 Å². The number of nitrogens with zero attached hydrogens (tertiary/aromatic N) is 2. The summed E-state index contributed by atoms with van der Waals surface area (Å²) in [6.45, 7) is 2.48. The lowest BCUT2D eigenvalue weighted by atomic mass is 10.1. The summed E-state index contributed by atoms with van der Waals surface area (Å²) in [6.07, 6.45) is 4.35. The molecule has 18 heavy (non-hydrogen) atoms. The molecule has 0 spiro atoms. The molecule has 5 nitrogen and oxygen atoms in total. The normalized spacial score (nSPS) is 22.0. The van der Waals surface area contributed by atoms with Crippen LogP contribution in [-0.4, -0.2) is 30.3 Å². The molecule has 1 unspecified atom stereocenters. The van der Waals surface area contributed by atoms with E-state index < -0.39 is 10.0 Å². The molecule has 0 aromatic carbocycles. The zero-order valence-electron chi connectivity index (χ0n) is 10.1. The molecule has 0 amide bonds. The van der Waals surface area contributed by atoms with Crippen LogP contribution in [0.4, 0.5) is 5.82 Å². The van der Waals surface area contributed by atoms with Gasteiger partial charge in [-0.1, -0.05) is 6.42 Å². The summed E-state index contributed by atoms with van der Waals surface area (Å²) >= 11 is 3.23. The topological polar surface area (TPSA) is 76.3 Å². The van der Waals surface area contributed by atoms with Gasteiger partial charge in [-0.15, -0.1) is 0 Å². The van der Waals surface area contributed by atoms with Crippen LogP contribution in [0.2, 0.25) is 0 Å². The number of hydrogen-bond acceptors (Lipinski definition) is 4. The molecule has 1 aromatic rings. The van der Waals surface area contributed by atoms with Crippen LogP contribution in [0.5, 0.6) is 0 Å². The lowest BCUT2D eigenvalue weighted by molar-refractivity contribution is 0.269. The van der Waals surface area contributed by atoms with E-state index in [0.29, 0.717) is 11.0 Å². The second-order valence-corrected chi connectivity index (χ2v) is 7.27. The Morgan fingerprint density at radius 1 is 1.50 bits per heavy atom. The van der Waals surface area contributed by atoms with Crippen molar-refractivity contribution in [2.45, 2.75) is 37.1 Å². The maximum Gasteiger partial charge on any atom is 0.247 e. The minimum atomic E-state index is -3.55. The van der Waals surface area contributed by atoms with Crippen LogP contribution in [0.1, 0.15) is 26.2 Å². The van der Waals surface area contributed by atoms with Crippen LogP contribution in [0.3, 0.4) is 0 Å². The van der Waals surface area contributed by atoms with Gasteiger partial charge in [-0.3, -0.25) is 0 Å². The van der Waals surface area contributed by atoms with Gasteiger partial charge in [-0.05, 0) is 41.8 Å². The number of anilines is 1. The van der Waals surface area contributed by atoms with Gasteiger partial charge in [-0.25, -0.2) is 13.4 Å². The molecule has 1 aliphatic heterocycles. The Balaban J connectivity index is 2.44. The molecule has 0 aliphatic carbocycles. The quantitative estimate of drug-likeness (QED) is 0.897. The molecule has 2 rings (SSSR count). The molecule has 1 atom stereocenters. The molecule has 1 fully saturated rings. The lowest BCUT2D eigenvalue weighted by Gasteiger charge is -2.32. The fraction of sp³-hybridized carbons (Fsp3) is 0.545. The van der Waals surface area contributed by atoms with Crippen LogP contribution < -0.4 is 5.73 Å². The summed E-state index contributed by atoms with van der Waals surface area (Å²) in [6, 6.07) is 1.53. The molecule has 2 N–H and O–H groups in total. The van der Waals surface area contributed by atoms with Crippen LogP contribution in [0.25, 0.3) is 0 Å². The fourth-order valence-electron chi connectivity index (χ4n) is 2.19. The van der Waals surface area contributed by atoms with Crippen LogP contribution >= 0.6 is 15.9 Å². The van der Waals surface area contributed by atoms with Crippen molar-refractivity contribution in [1.82, 2.24) is 9.29 Å². The Morgan fingerprint density at radius 2 is 2.22 bits per heavy atom. The van der Waals surface area contributed by atoms with Gasteiger partial charge in [0.05, 0.1) is 0 Å². The highest BCUT2D eigenvalue weighted by atomic mass is 79.9. The van der Waals surface area contributed by atoms with Gasteiger partial charge in [0.15, 0.2) is 0 Å². The van der Waals surface area contributed by atoms with E-state index in [1.807, 2.05) is 6.92 Å². The van der Waals surface area contributed by atoms with E-state index in [1.54, 1.807) is 0 Å². The van der Waals surface area contributed by atoms with Gasteiger partial charge in [0, 0.05) is 23.3 Å². The van der Waals surface area contributed by atoms with Gasteiger partial charge >= 0.3 is 0 Å². The maximum absolute atomic E-state index is 12.6. The van der Waals surface area contributed by atoms with Crippen molar-refractivity contribution >= 4 is 31.8 Å². The van der Waals surface area contributed by atoms with E-state index in [0.717, 1.165) is 19.3 Å². The largest absolute Gasteiger partial charge is 0.383 e. The maximum atomic E-state index is 12.6. The number of nitrogen functional groups attached to an aromatic ring is 1. The Morgan fingerprint density at radius 3 is 2.89 bits per heavy atom. The van der Waals surface area contributed by atoms with Crippen molar-refractivity contribution in [3.8, 4) is 0 Å². The Hall–Kier alpha value is -0.660. The van der Waals surface area contributed by atoms with Crippen LogP contribution in [-0.2, 0) is 10.0 Å². The van der Waals surface area contributed by atoms with Gasteiger partial charge in [0.2, 0.25) is 10.0 Å². The number of nitrogens with two attached hydrogens (primary N) is 1. The first-order valence-corrected chi connectivity index (χ1v) is 8.09. The first kappa shape index (κ1) is 13.8. The highest BCUT2D eigenvalue weighted by Crippen LogP contribution is 2.28. The zero-order chi connectivity index (χ0) is 13.3. The van der Waals surface area contributed by atoms with Gasteiger partial charge in [-0.2, -0.15) is 4.31 Å². The summed E-state index contributed by atoms with van der Waals surface area (Å²) < 4.78 is 27.2. The van der Waals surface area contributed by atoms with E-state index in [-0.39, 0.29) is 16.8 Å². The highest BCUT2D eigenvalue weighted by Gasteiger charge is 2.32. The number of halogens is 1. The third-order valence-electron chi connectivity index (χ3n) is 3.18.